The van der Waals surface area contributed by atoms with Gasteiger partial charge in [-0.2, -0.15) is 0 Å². The summed E-state index contributed by atoms with van der Waals surface area (Å²) in [6, 6.07) is 10.6. The minimum Gasteiger partial charge on any atom is -0.486 e. The first-order chi connectivity index (χ1) is 9.97. The fourth-order valence-corrected chi connectivity index (χ4v) is 3.52. The molecule has 0 radical (unpaired) electrons. The zero-order chi connectivity index (χ0) is 15.4. The predicted molar refractivity (Wildman–Crippen MR) is 89.9 cm³/mol. The summed E-state index contributed by atoms with van der Waals surface area (Å²) >= 11 is 6.98. The van der Waals surface area contributed by atoms with E-state index < -0.39 is 0 Å². The topological polar surface area (TPSA) is 35.2 Å². The summed E-state index contributed by atoms with van der Waals surface area (Å²) < 4.78 is 21.0. The van der Waals surface area contributed by atoms with Gasteiger partial charge in [0.25, 0.3) is 0 Å². The molecule has 2 rings (SSSR count). The number of ether oxygens (including phenoxy) is 1. The lowest BCUT2D eigenvalue weighted by Gasteiger charge is -2.13. The molecule has 0 heterocycles. The maximum Gasteiger partial charge on any atom is 0.148 e. The van der Waals surface area contributed by atoms with Crippen molar-refractivity contribution in [3.63, 3.8) is 0 Å². The van der Waals surface area contributed by atoms with E-state index in [9.17, 15) is 4.39 Å². The highest BCUT2D eigenvalue weighted by Crippen LogP contribution is 2.35. The third kappa shape index (κ3) is 4.53. The molecule has 112 valence electrons. The van der Waals surface area contributed by atoms with Crippen LogP contribution in [-0.2, 0) is 13.0 Å². The van der Waals surface area contributed by atoms with Gasteiger partial charge in [-0.15, -0.1) is 0 Å². The summed E-state index contributed by atoms with van der Waals surface area (Å²) in [6.45, 7) is 2.14. The molecule has 0 saturated carbocycles. The molecular formula is C16H16Br2FNO. The van der Waals surface area contributed by atoms with Gasteiger partial charge in [-0.1, -0.05) is 18.2 Å². The van der Waals surface area contributed by atoms with E-state index >= 15 is 0 Å². The lowest BCUT2D eigenvalue weighted by atomic mass is 10.1. The van der Waals surface area contributed by atoms with Crippen molar-refractivity contribution in [3.05, 3.63) is 62.3 Å². The highest BCUT2D eigenvalue weighted by atomic mass is 79.9. The van der Waals surface area contributed by atoms with Crippen LogP contribution in [0.1, 0.15) is 18.1 Å². The number of hydrogen-bond donors (Lipinski definition) is 1. The van der Waals surface area contributed by atoms with E-state index in [0.29, 0.717) is 11.3 Å². The average Bonchev–Trinajstić information content (AvgIpc) is 2.39. The fourth-order valence-electron chi connectivity index (χ4n) is 2.01. The van der Waals surface area contributed by atoms with Gasteiger partial charge in [0.05, 0.1) is 8.95 Å². The molecule has 2 aromatic rings. The van der Waals surface area contributed by atoms with E-state index in [0.717, 1.165) is 20.9 Å². The highest BCUT2D eigenvalue weighted by molar-refractivity contribution is 9.11. The van der Waals surface area contributed by atoms with Crippen LogP contribution >= 0.6 is 31.9 Å². The summed E-state index contributed by atoms with van der Waals surface area (Å²) in [6.07, 6.45) is 0.783. The van der Waals surface area contributed by atoms with Gasteiger partial charge in [-0.3, -0.25) is 0 Å². The standard InChI is InChI=1S/C16H16Br2FNO/c1-10(20)6-11-7-13(17)16(14(18)8-11)21-9-12-4-2-3-5-15(12)19/h2-5,7-8,10H,6,9,20H2,1H3. The Bertz CT molecular complexity index is 608. The summed E-state index contributed by atoms with van der Waals surface area (Å²) in [7, 11) is 0. The maximum absolute atomic E-state index is 13.6. The Morgan fingerprint density at radius 1 is 1.19 bits per heavy atom. The zero-order valence-corrected chi connectivity index (χ0v) is 14.7. The Morgan fingerprint density at radius 3 is 2.38 bits per heavy atom. The number of benzene rings is 2. The van der Waals surface area contributed by atoms with Crippen LogP contribution in [0.25, 0.3) is 0 Å². The van der Waals surface area contributed by atoms with E-state index in [1.165, 1.54) is 6.07 Å². The van der Waals surface area contributed by atoms with Crippen molar-refractivity contribution in [2.75, 3.05) is 0 Å². The van der Waals surface area contributed by atoms with Crippen molar-refractivity contribution in [3.8, 4) is 5.75 Å². The van der Waals surface area contributed by atoms with Crippen LogP contribution in [0.5, 0.6) is 5.75 Å². The van der Waals surface area contributed by atoms with Crippen LogP contribution in [0.4, 0.5) is 4.39 Å². The first kappa shape index (κ1) is 16.5. The van der Waals surface area contributed by atoms with Crippen LogP contribution < -0.4 is 10.5 Å². The lowest BCUT2D eigenvalue weighted by molar-refractivity contribution is 0.296. The summed E-state index contributed by atoms with van der Waals surface area (Å²) in [5.41, 5.74) is 7.45. The fraction of sp³-hybridized carbons (Fsp3) is 0.250. The van der Waals surface area contributed by atoms with Gasteiger partial charge in [0.2, 0.25) is 0 Å². The summed E-state index contributed by atoms with van der Waals surface area (Å²) in [5, 5.41) is 0. The van der Waals surface area contributed by atoms with Gasteiger partial charge in [-0.05, 0) is 69.0 Å². The number of halogens is 3. The normalized spacial score (nSPS) is 12.2. The highest BCUT2D eigenvalue weighted by Gasteiger charge is 2.11. The zero-order valence-electron chi connectivity index (χ0n) is 11.6. The Morgan fingerprint density at radius 2 is 1.81 bits per heavy atom. The second kappa shape index (κ2) is 7.38. The molecule has 0 aliphatic heterocycles. The molecule has 2 aromatic carbocycles. The molecule has 1 unspecified atom stereocenters. The van der Waals surface area contributed by atoms with E-state index in [2.05, 4.69) is 31.9 Å². The van der Waals surface area contributed by atoms with Crippen LogP contribution in [0.2, 0.25) is 0 Å². The van der Waals surface area contributed by atoms with E-state index in [-0.39, 0.29) is 18.5 Å². The van der Waals surface area contributed by atoms with Crippen molar-refractivity contribution in [1.82, 2.24) is 0 Å². The van der Waals surface area contributed by atoms with Crippen molar-refractivity contribution in [2.45, 2.75) is 26.0 Å². The van der Waals surface area contributed by atoms with Gasteiger partial charge in [0.15, 0.2) is 0 Å². The van der Waals surface area contributed by atoms with Gasteiger partial charge < -0.3 is 10.5 Å². The number of rotatable bonds is 5. The first-order valence-electron chi connectivity index (χ1n) is 6.57. The lowest BCUT2D eigenvalue weighted by Crippen LogP contribution is -2.17. The molecule has 0 spiro atoms. The molecular weight excluding hydrogens is 401 g/mol. The van der Waals surface area contributed by atoms with Crippen LogP contribution in [0.15, 0.2) is 45.3 Å². The summed E-state index contributed by atoms with van der Waals surface area (Å²) in [4.78, 5) is 0. The van der Waals surface area contributed by atoms with Crippen LogP contribution in [-0.4, -0.2) is 6.04 Å². The SMILES string of the molecule is CC(N)Cc1cc(Br)c(OCc2ccccc2F)c(Br)c1. The Labute approximate surface area is 140 Å². The second-order valence-electron chi connectivity index (χ2n) is 4.95. The monoisotopic (exact) mass is 415 g/mol. The predicted octanol–water partition coefficient (Wildman–Crippen LogP) is 4.82. The molecule has 21 heavy (non-hydrogen) atoms. The largest absolute Gasteiger partial charge is 0.486 e. The minimum atomic E-state index is -0.265. The summed E-state index contributed by atoms with van der Waals surface area (Å²) in [5.74, 6) is 0.394. The van der Waals surface area contributed by atoms with Crippen LogP contribution in [0, 0.1) is 5.82 Å². The molecule has 0 fully saturated rings. The number of hydrogen-bond acceptors (Lipinski definition) is 2. The second-order valence-corrected chi connectivity index (χ2v) is 6.66. The smallest absolute Gasteiger partial charge is 0.148 e. The van der Waals surface area contributed by atoms with E-state index in [4.69, 9.17) is 10.5 Å². The van der Waals surface area contributed by atoms with Crippen molar-refractivity contribution in [1.29, 1.82) is 0 Å². The molecule has 0 aliphatic rings. The van der Waals surface area contributed by atoms with Gasteiger partial charge in [0.1, 0.15) is 18.2 Å². The first-order valence-corrected chi connectivity index (χ1v) is 8.15. The van der Waals surface area contributed by atoms with Crippen LogP contribution in [0.3, 0.4) is 0 Å². The quantitative estimate of drug-likeness (QED) is 0.758. The third-order valence-corrected chi connectivity index (χ3v) is 4.12. The van der Waals surface area contributed by atoms with E-state index in [1.807, 2.05) is 19.1 Å². The molecule has 2 N–H and O–H groups in total. The molecule has 2 nitrogen and oxygen atoms in total. The molecule has 1 atom stereocenters. The Balaban J connectivity index is 2.15. The molecule has 0 saturated heterocycles. The van der Waals surface area contributed by atoms with E-state index in [1.54, 1.807) is 18.2 Å². The Hall–Kier alpha value is -0.910. The van der Waals surface area contributed by atoms with Crippen molar-refractivity contribution in [2.24, 2.45) is 5.73 Å². The van der Waals surface area contributed by atoms with Crippen molar-refractivity contribution >= 4 is 31.9 Å². The third-order valence-electron chi connectivity index (χ3n) is 2.95. The maximum atomic E-state index is 13.6. The minimum absolute atomic E-state index is 0.0917. The van der Waals surface area contributed by atoms with Gasteiger partial charge in [-0.25, -0.2) is 4.39 Å². The Kier molecular flexibility index (Phi) is 5.79. The van der Waals surface area contributed by atoms with Crippen molar-refractivity contribution < 1.29 is 9.13 Å². The number of nitrogens with two attached hydrogens (primary N) is 1. The molecule has 0 amide bonds. The molecule has 0 aromatic heterocycles. The molecule has 0 bridgehead atoms. The molecule has 0 aliphatic carbocycles. The average molecular weight is 417 g/mol. The molecule has 5 heteroatoms. The van der Waals surface area contributed by atoms with Gasteiger partial charge in [0, 0.05) is 11.6 Å². The van der Waals surface area contributed by atoms with Gasteiger partial charge >= 0.3 is 0 Å².